The molecule has 2 bridgehead atoms. The Morgan fingerprint density at radius 2 is 2.22 bits per heavy atom. The smallest absolute Gasteiger partial charge is 0.177 e. The molecule has 4 atom stereocenters. The number of aromatic hydroxyl groups is 1. The second-order valence-corrected chi connectivity index (χ2v) is 7.47. The zero-order valence-corrected chi connectivity index (χ0v) is 13.4. The first-order valence-electron chi connectivity index (χ1n) is 8.36. The van der Waals surface area contributed by atoms with Gasteiger partial charge in [0.1, 0.15) is 0 Å². The fourth-order valence-corrected chi connectivity index (χ4v) is 6.07. The molecule has 0 unspecified atom stereocenters. The average Bonchev–Trinajstić information content (AvgIpc) is 2.81. The van der Waals surface area contributed by atoms with E-state index < -0.39 is 16.6 Å². The van der Waals surface area contributed by atoms with Crippen LogP contribution in [-0.2, 0) is 21.4 Å². The molecule has 1 saturated carbocycles. The average molecular weight is 315 g/mol. The van der Waals surface area contributed by atoms with Gasteiger partial charge in [-0.3, -0.25) is 4.79 Å². The summed E-state index contributed by atoms with van der Waals surface area (Å²) in [5.41, 5.74) is 0.258. The van der Waals surface area contributed by atoms with E-state index in [9.17, 15) is 9.90 Å². The van der Waals surface area contributed by atoms with Gasteiger partial charge in [-0.15, -0.1) is 0 Å². The van der Waals surface area contributed by atoms with Gasteiger partial charge in [-0.2, -0.15) is 0 Å². The molecule has 4 aliphatic rings. The molecule has 122 valence electrons. The fraction of sp³-hybridized carbons (Fsp3) is 0.611. The van der Waals surface area contributed by atoms with Crippen molar-refractivity contribution in [2.45, 2.75) is 55.3 Å². The number of phenolic OH excluding ortho intramolecular Hbond substituents is 1. The topological polar surface area (TPSA) is 67.8 Å². The van der Waals surface area contributed by atoms with Crippen molar-refractivity contribution < 1.29 is 19.4 Å². The highest BCUT2D eigenvalue weighted by Gasteiger charge is 2.77. The van der Waals surface area contributed by atoms with Gasteiger partial charge in [0, 0.05) is 25.1 Å². The maximum absolute atomic E-state index is 12.9. The Morgan fingerprint density at radius 3 is 3.00 bits per heavy atom. The van der Waals surface area contributed by atoms with E-state index in [0.29, 0.717) is 18.6 Å². The first kappa shape index (κ1) is 13.8. The zero-order valence-electron chi connectivity index (χ0n) is 13.4. The standard InChI is InChI=1S/C18H21NO4/c1-16-13(21)5-6-18(22-2)12-9-10-3-4-11(20)15(23-16)14(10)17(16,18)7-8-19-12/h3-4,12,19-20H,5-9H2,1-2H3/t12-,16+,17+,18-/m1/s1. The summed E-state index contributed by atoms with van der Waals surface area (Å²) in [6.07, 6.45) is 2.77. The van der Waals surface area contributed by atoms with Crippen molar-refractivity contribution in [3.63, 3.8) is 0 Å². The van der Waals surface area contributed by atoms with E-state index in [4.69, 9.17) is 9.47 Å². The minimum Gasteiger partial charge on any atom is -0.504 e. The predicted octanol–water partition coefficient (Wildman–Crippen LogP) is 1.45. The van der Waals surface area contributed by atoms with Gasteiger partial charge in [0.05, 0.1) is 11.0 Å². The molecule has 2 aliphatic heterocycles. The number of carbonyl (C=O) groups excluding carboxylic acids is 1. The largest absolute Gasteiger partial charge is 0.504 e. The van der Waals surface area contributed by atoms with Crippen LogP contribution in [0.3, 0.4) is 0 Å². The number of phenols is 1. The molecule has 5 heteroatoms. The molecule has 1 saturated heterocycles. The first-order valence-corrected chi connectivity index (χ1v) is 8.36. The predicted molar refractivity (Wildman–Crippen MR) is 82.9 cm³/mol. The van der Waals surface area contributed by atoms with Crippen LogP contribution in [0, 0.1) is 0 Å². The number of carbonyl (C=O) groups is 1. The number of rotatable bonds is 1. The van der Waals surface area contributed by atoms with Crippen molar-refractivity contribution >= 4 is 5.78 Å². The van der Waals surface area contributed by atoms with Crippen molar-refractivity contribution in [3.05, 3.63) is 23.3 Å². The lowest BCUT2D eigenvalue weighted by Crippen LogP contribution is -2.80. The Labute approximate surface area is 135 Å². The van der Waals surface area contributed by atoms with Crippen LogP contribution in [0.2, 0.25) is 0 Å². The molecule has 0 aromatic heterocycles. The summed E-state index contributed by atoms with van der Waals surface area (Å²) in [5.74, 6) is 0.750. The van der Waals surface area contributed by atoms with Gasteiger partial charge in [-0.1, -0.05) is 6.07 Å². The van der Waals surface area contributed by atoms with E-state index in [2.05, 4.69) is 5.32 Å². The molecule has 23 heavy (non-hydrogen) atoms. The lowest BCUT2D eigenvalue weighted by molar-refractivity contribution is -0.199. The molecule has 0 radical (unpaired) electrons. The quantitative estimate of drug-likeness (QED) is 0.821. The molecule has 1 aromatic rings. The third kappa shape index (κ3) is 1.18. The lowest BCUT2D eigenvalue weighted by Gasteiger charge is -2.64. The van der Waals surface area contributed by atoms with E-state index in [1.165, 1.54) is 5.56 Å². The Balaban J connectivity index is 1.93. The van der Waals surface area contributed by atoms with Crippen LogP contribution in [0.15, 0.2) is 12.1 Å². The Bertz CT molecular complexity index is 747. The van der Waals surface area contributed by atoms with Crippen molar-refractivity contribution in [1.82, 2.24) is 5.32 Å². The molecule has 5 rings (SSSR count). The maximum atomic E-state index is 12.9. The Hall–Kier alpha value is -1.59. The minimum absolute atomic E-state index is 0.120. The summed E-state index contributed by atoms with van der Waals surface area (Å²) >= 11 is 0. The van der Waals surface area contributed by atoms with Crippen LogP contribution in [0.1, 0.15) is 37.3 Å². The summed E-state index contributed by atoms with van der Waals surface area (Å²) in [4.78, 5) is 12.9. The van der Waals surface area contributed by atoms with E-state index in [0.717, 1.165) is 24.9 Å². The van der Waals surface area contributed by atoms with Gasteiger partial charge in [-0.25, -0.2) is 0 Å². The maximum Gasteiger partial charge on any atom is 0.177 e. The number of methoxy groups -OCH3 is 1. The summed E-state index contributed by atoms with van der Waals surface area (Å²) in [7, 11) is 1.75. The summed E-state index contributed by atoms with van der Waals surface area (Å²) < 4.78 is 12.4. The van der Waals surface area contributed by atoms with Crippen LogP contribution in [0.4, 0.5) is 0 Å². The van der Waals surface area contributed by atoms with E-state index in [1.807, 2.05) is 13.0 Å². The summed E-state index contributed by atoms with van der Waals surface area (Å²) in [5, 5.41) is 14.0. The summed E-state index contributed by atoms with van der Waals surface area (Å²) in [6, 6.07) is 3.83. The molecule has 2 fully saturated rings. The Morgan fingerprint density at radius 1 is 1.39 bits per heavy atom. The van der Waals surface area contributed by atoms with Gasteiger partial charge in [-0.05, 0) is 44.4 Å². The molecule has 5 nitrogen and oxygen atoms in total. The highest BCUT2D eigenvalue weighted by molar-refractivity contribution is 5.94. The number of Topliss-reactive ketones (excluding diaryl/α,β-unsaturated/α-hetero) is 1. The number of hydrogen-bond donors (Lipinski definition) is 2. The van der Waals surface area contributed by atoms with Crippen molar-refractivity contribution in [3.8, 4) is 11.5 Å². The van der Waals surface area contributed by atoms with E-state index in [-0.39, 0.29) is 17.6 Å². The molecule has 1 aromatic carbocycles. The fourth-order valence-electron chi connectivity index (χ4n) is 6.07. The first-order chi connectivity index (χ1) is 11.0. The van der Waals surface area contributed by atoms with Gasteiger partial charge in [0.2, 0.25) is 0 Å². The number of nitrogens with one attached hydrogen (secondary N) is 1. The zero-order chi connectivity index (χ0) is 16.0. The second kappa shape index (κ2) is 3.90. The normalized spacial score (nSPS) is 43.0. The molecular formula is C18H21NO4. The van der Waals surface area contributed by atoms with Gasteiger partial charge in [0.15, 0.2) is 22.9 Å². The molecular weight excluding hydrogens is 294 g/mol. The van der Waals surface area contributed by atoms with Crippen molar-refractivity contribution in [2.75, 3.05) is 13.7 Å². The minimum atomic E-state index is -0.960. The van der Waals surface area contributed by atoms with E-state index in [1.54, 1.807) is 13.2 Å². The van der Waals surface area contributed by atoms with Crippen LogP contribution in [-0.4, -0.2) is 41.8 Å². The van der Waals surface area contributed by atoms with Crippen LogP contribution in [0.5, 0.6) is 11.5 Å². The number of ketones is 1. The van der Waals surface area contributed by atoms with Crippen LogP contribution < -0.4 is 10.1 Å². The summed E-state index contributed by atoms with van der Waals surface area (Å²) in [6.45, 7) is 2.73. The van der Waals surface area contributed by atoms with E-state index >= 15 is 0 Å². The number of piperidine rings is 1. The van der Waals surface area contributed by atoms with Gasteiger partial charge in [0.25, 0.3) is 0 Å². The molecule has 0 amide bonds. The van der Waals surface area contributed by atoms with Crippen molar-refractivity contribution in [2.24, 2.45) is 0 Å². The monoisotopic (exact) mass is 315 g/mol. The Kier molecular flexibility index (Phi) is 2.34. The van der Waals surface area contributed by atoms with Gasteiger partial charge >= 0.3 is 0 Å². The number of ether oxygens (including phenoxy) is 2. The second-order valence-electron chi connectivity index (χ2n) is 7.47. The molecule has 2 N–H and O–H groups in total. The SMILES string of the molecule is CO[C@@]12CCC(=O)[C@]3(C)Oc4c(O)ccc5c4[C@@]31CCN[C@@H]2C5. The number of hydrogen-bond acceptors (Lipinski definition) is 5. The molecule has 2 heterocycles. The third-order valence-corrected chi connectivity index (χ3v) is 6.99. The van der Waals surface area contributed by atoms with Crippen LogP contribution >= 0.6 is 0 Å². The number of benzene rings is 1. The molecule has 2 aliphatic carbocycles. The van der Waals surface area contributed by atoms with Crippen molar-refractivity contribution in [1.29, 1.82) is 0 Å². The highest BCUT2D eigenvalue weighted by Crippen LogP contribution is 2.68. The lowest BCUT2D eigenvalue weighted by atomic mass is 9.45. The molecule has 1 spiro atoms. The third-order valence-electron chi connectivity index (χ3n) is 6.99. The highest BCUT2D eigenvalue weighted by atomic mass is 16.5. The van der Waals surface area contributed by atoms with Crippen LogP contribution in [0.25, 0.3) is 0 Å². The van der Waals surface area contributed by atoms with Gasteiger partial charge < -0.3 is 19.9 Å².